The fraction of sp³-hybridized carbons (Fsp3) is 0.133. The van der Waals surface area contributed by atoms with Crippen molar-refractivity contribution in [2.24, 2.45) is 0 Å². The SMILES string of the molecule is Cc1ccc(F)cc1NC(=O)CSc1ccc(Br)cc1N. The van der Waals surface area contributed by atoms with Gasteiger partial charge in [0.2, 0.25) is 5.91 Å². The normalized spacial score (nSPS) is 10.4. The minimum Gasteiger partial charge on any atom is -0.398 e. The maximum Gasteiger partial charge on any atom is 0.234 e. The molecule has 2 aromatic carbocycles. The molecule has 0 atom stereocenters. The van der Waals surface area contributed by atoms with Crippen molar-refractivity contribution in [3.05, 3.63) is 52.3 Å². The van der Waals surface area contributed by atoms with E-state index in [1.807, 2.05) is 19.1 Å². The number of hydrogen-bond acceptors (Lipinski definition) is 3. The van der Waals surface area contributed by atoms with E-state index in [2.05, 4.69) is 21.2 Å². The molecule has 2 rings (SSSR count). The van der Waals surface area contributed by atoms with Gasteiger partial charge in [-0.1, -0.05) is 22.0 Å². The number of carbonyl (C=O) groups is 1. The summed E-state index contributed by atoms with van der Waals surface area (Å²) in [5.41, 5.74) is 7.79. The van der Waals surface area contributed by atoms with Crippen LogP contribution in [-0.2, 0) is 4.79 Å². The van der Waals surface area contributed by atoms with Gasteiger partial charge in [0.1, 0.15) is 5.82 Å². The standard InChI is InChI=1S/C15H14BrFN2OS/c1-9-2-4-11(17)7-13(9)19-15(20)8-21-14-5-3-10(16)6-12(14)18/h2-7H,8,18H2,1H3,(H,19,20). The van der Waals surface area contributed by atoms with E-state index in [0.29, 0.717) is 11.4 Å². The van der Waals surface area contributed by atoms with Gasteiger partial charge in [-0.05, 0) is 42.8 Å². The summed E-state index contributed by atoms with van der Waals surface area (Å²) >= 11 is 4.67. The first-order valence-electron chi connectivity index (χ1n) is 6.19. The molecule has 0 fully saturated rings. The van der Waals surface area contributed by atoms with Gasteiger partial charge < -0.3 is 11.1 Å². The largest absolute Gasteiger partial charge is 0.398 e. The Kier molecular flexibility index (Phi) is 5.25. The number of amides is 1. The number of aryl methyl sites for hydroxylation is 1. The second-order valence-electron chi connectivity index (χ2n) is 4.48. The number of nitrogens with one attached hydrogen (secondary N) is 1. The summed E-state index contributed by atoms with van der Waals surface area (Å²) in [6, 6.07) is 9.81. The lowest BCUT2D eigenvalue weighted by Gasteiger charge is -2.09. The number of benzene rings is 2. The van der Waals surface area contributed by atoms with Crippen LogP contribution in [0.2, 0.25) is 0 Å². The Bertz CT molecular complexity index is 679. The fourth-order valence-electron chi connectivity index (χ4n) is 1.71. The molecule has 2 aromatic rings. The molecular weight excluding hydrogens is 355 g/mol. The van der Waals surface area contributed by atoms with Crippen molar-refractivity contribution in [2.45, 2.75) is 11.8 Å². The van der Waals surface area contributed by atoms with Crippen LogP contribution in [0.5, 0.6) is 0 Å². The van der Waals surface area contributed by atoms with Crippen LogP contribution in [0.3, 0.4) is 0 Å². The summed E-state index contributed by atoms with van der Waals surface area (Å²) in [5.74, 6) is -0.362. The number of hydrogen-bond donors (Lipinski definition) is 2. The molecule has 0 aliphatic heterocycles. The Morgan fingerprint density at radius 1 is 1.33 bits per heavy atom. The molecule has 6 heteroatoms. The summed E-state index contributed by atoms with van der Waals surface area (Å²) in [4.78, 5) is 12.8. The van der Waals surface area contributed by atoms with Crippen LogP contribution in [-0.4, -0.2) is 11.7 Å². The van der Waals surface area contributed by atoms with Gasteiger partial charge in [0.15, 0.2) is 0 Å². The van der Waals surface area contributed by atoms with Crippen LogP contribution in [0.1, 0.15) is 5.56 Å². The van der Waals surface area contributed by atoms with Crippen LogP contribution in [0.25, 0.3) is 0 Å². The lowest BCUT2D eigenvalue weighted by molar-refractivity contribution is -0.113. The predicted octanol–water partition coefficient (Wildman–Crippen LogP) is 4.21. The first-order valence-corrected chi connectivity index (χ1v) is 7.97. The zero-order valence-corrected chi connectivity index (χ0v) is 13.7. The molecule has 0 saturated heterocycles. The Morgan fingerprint density at radius 2 is 2.10 bits per heavy atom. The monoisotopic (exact) mass is 368 g/mol. The molecule has 3 N–H and O–H groups in total. The number of nitrogens with two attached hydrogens (primary N) is 1. The van der Waals surface area contributed by atoms with E-state index >= 15 is 0 Å². The van der Waals surface area contributed by atoms with E-state index in [1.54, 1.807) is 12.1 Å². The van der Waals surface area contributed by atoms with Crippen molar-refractivity contribution in [3.63, 3.8) is 0 Å². The minimum absolute atomic E-state index is 0.198. The van der Waals surface area contributed by atoms with Crippen LogP contribution in [0.4, 0.5) is 15.8 Å². The number of nitrogen functional groups attached to an aromatic ring is 1. The third kappa shape index (κ3) is 4.47. The van der Waals surface area contributed by atoms with E-state index < -0.39 is 0 Å². The molecule has 110 valence electrons. The van der Waals surface area contributed by atoms with Crippen molar-refractivity contribution in [1.29, 1.82) is 0 Å². The van der Waals surface area contributed by atoms with Crippen LogP contribution in [0, 0.1) is 12.7 Å². The van der Waals surface area contributed by atoms with Gasteiger partial charge in [-0.25, -0.2) is 4.39 Å². The molecule has 3 nitrogen and oxygen atoms in total. The Balaban J connectivity index is 1.97. The molecule has 0 bridgehead atoms. The molecule has 0 aromatic heterocycles. The maximum absolute atomic E-state index is 13.2. The Hall–Kier alpha value is -1.53. The molecule has 0 saturated carbocycles. The number of rotatable bonds is 4. The summed E-state index contributed by atoms with van der Waals surface area (Å²) < 4.78 is 14.1. The Morgan fingerprint density at radius 3 is 2.81 bits per heavy atom. The number of carbonyl (C=O) groups excluding carboxylic acids is 1. The van der Waals surface area contributed by atoms with Gasteiger partial charge >= 0.3 is 0 Å². The third-order valence-corrected chi connectivity index (χ3v) is 4.39. The quantitative estimate of drug-likeness (QED) is 0.627. The van der Waals surface area contributed by atoms with Crippen molar-refractivity contribution in [2.75, 3.05) is 16.8 Å². The number of anilines is 2. The average Bonchev–Trinajstić information content (AvgIpc) is 2.42. The van der Waals surface area contributed by atoms with E-state index in [4.69, 9.17) is 5.73 Å². The highest BCUT2D eigenvalue weighted by molar-refractivity contribution is 9.10. The van der Waals surface area contributed by atoms with Crippen LogP contribution < -0.4 is 11.1 Å². The molecule has 0 unspecified atom stereocenters. The molecule has 21 heavy (non-hydrogen) atoms. The van der Waals surface area contributed by atoms with E-state index in [1.165, 1.54) is 23.9 Å². The zero-order chi connectivity index (χ0) is 15.4. The highest BCUT2D eigenvalue weighted by atomic mass is 79.9. The van der Waals surface area contributed by atoms with Gasteiger partial charge in [-0.3, -0.25) is 4.79 Å². The molecular formula is C15H14BrFN2OS. The van der Waals surface area contributed by atoms with Crippen molar-refractivity contribution in [3.8, 4) is 0 Å². The predicted molar refractivity (Wildman–Crippen MR) is 89.0 cm³/mol. The zero-order valence-electron chi connectivity index (χ0n) is 11.3. The summed E-state index contributed by atoms with van der Waals surface area (Å²) in [6.07, 6.45) is 0. The first-order chi connectivity index (χ1) is 9.95. The van der Waals surface area contributed by atoms with Gasteiger partial charge in [0, 0.05) is 20.7 Å². The molecule has 0 aliphatic carbocycles. The van der Waals surface area contributed by atoms with E-state index in [9.17, 15) is 9.18 Å². The second kappa shape index (κ2) is 6.95. The third-order valence-electron chi connectivity index (χ3n) is 2.80. The Labute approximate surface area is 135 Å². The average molecular weight is 369 g/mol. The molecule has 0 aliphatic rings. The van der Waals surface area contributed by atoms with Gasteiger partial charge in [0.25, 0.3) is 0 Å². The van der Waals surface area contributed by atoms with Crippen molar-refractivity contribution in [1.82, 2.24) is 0 Å². The molecule has 0 radical (unpaired) electrons. The number of thioether (sulfide) groups is 1. The maximum atomic E-state index is 13.2. The number of halogens is 2. The summed E-state index contributed by atoms with van der Waals surface area (Å²) in [5, 5.41) is 2.70. The van der Waals surface area contributed by atoms with Crippen LogP contribution >= 0.6 is 27.7 Å². The van der Waals surface area contributed by atoms with Gasteiger partial charge in [-0.15, -0.1) is 11.8 Å². The smallest absolute Gasteiger partial charge is 0.234 e. The highest BCUT2D eigenvalue weighted by Gasteiger charge is 2.08. The first kappa shape index (κ1) is 15.9. The van der Waals surface area contributed by atoms with Gasteiger partial charge in [0.05, 0.1) is 5.75 Å². The second-order valence-corrected chi connectivity index (χ2v) is 6.41. The fourth-order valence-corrected chi connectivity index (χ4v) is 2.84. The molecule has 0 spiro atoms. The summed E-state index contributed by atoms with van der Waals surface area (Å²) in [7, 11) is 0. The summed E-state index contributed by atoms with van der Waals surface area (Å²) in [6.45, 7) is 1.81. The van der Waals surface area contributed by atoms with E-state index in [0.717, 1.165) is 14.9 Å². The van der Waals surface area contributed by atoms with Crippen LogP contribution in [0.15, 0.2) is 45.8 Å². The minimum atomic E-state index is -0.374. The molecule has 0 heterocycles. The van der Waals surface area contributed by atoms with Crippen molar-refractivity contribution < 1.29 is 9.18 Å². The highest BCUT2D eigenvalue weighted by Crippen LogP contribution is 2.28. The molecule has 1 amide bonds. The van der Waals surface area contributed by atoms with Crippen molar-refractivity contribution >= 4 is 45.0 Å². The lowest BCUT2D eigenvalue weighted by Crippen LogP contribution is -2.15. The lowest BCUT2D eigenvalue weighted by atomic mass is 10.2. The van der Waals surface area contributed by atoms with E-state index in [-0.39, 0.29) is 17.5 Å². The van der Waals surface area contributed by atoms with Gasteiger partial charge in [-0.2, -0.15) is 0 Å². The topological polar surface area (TPSA) is 55.1 Å².